The van der Waals surface area contributed by atoms with E-state index in [1.165, 1.54) is 5.69 Å². The van der Waals surface area contributed by atoms with Crippen LogP contribution in [0.4, 0.5) is 5.82 Å². The van der Waals surface area contributed by atoms with E-state index in [-0.39, 0.29) is 6.61 Å². The first-order chi connectivity index (χ1) is 9.77. The number of anilines is 1. The van der Waals surface area contributed by atoms with Gasteiger partial charge in [-0.1, -0.05) is 6.07 Å². The molecule has 110 valence electrons. The number of pyridine rings is 1. The molecule has 0 unspecified atom stereocenters. The number of hydrogen-bond acceptors (Lipinski definition) is 4. The molecule has 0 aromatic carbocycles. The Balaban J connectivity index is 2.16. The second-order valence-electron chi connectivity index (χ2n) is 5.05. The molecule has 5 nitrogen and oxygen atoms in total. The molecule has 0 atom stereocenters. The first kappa shape index (κ1) is 14.8. The summed E-state index contributed by atoms with van der Waals surface area (Å²) in [4.78, 5) is 6.94. The van der Waals surface area contributed by atoms with E-state index in [4.69, 9.17) is 10.1 Å². The molecule has 0 saturated carbocycles. The van der Waals surface area contributed by atoms with Crippen LogP contribution in [0.3, 0.4) is 0 Å². The molecule has 0 radical (unpaired) electrons. The number of nitrogens with one attached hydrogen (secondary N) is 1. The fraction of sp³-hybridized carbons (Fsp3) is 0.533. The second-order valence-corrected chi connectivity index (χ2v) is 5.05. The van der Waals surface area contributed by atoms with Crippen molar-refractivity contribution in [1.29, 1.82) is 0 Å². The molecular formula is C15H24N4O. The van der Waals surface area contributed by atoms with Gasteiger partial charge in [-0.05, 0) is 38.4 Å². The summed E-state index contributed by atoms with van der Waals surface area (Å²) in [6.45, 7) is 2.03. The van der Waals surface area contributed by atoms with E-state index in [0.717, 1.165) is 43.8 Å². The van der Waals surface area contributed by atoms with Crippen molar-refractivity contribution in [2.24, 2.45) is 0 Å². The number of rotatable bonds is 8. The highest BCUT2D eigenvalue weighted by molar-refractivity contribution is 5.55. The van der Waals surface area contributed by atoms with Crippen LogP contribution in [0.2, 0.25) is 0 Å². The summed E-state index contributed by atoms with van der Waals surface area (Å²) in [5, 5.41) is 12.0. The largest absolute Gasteiger partial charge is 0.396 e. The Labute approximate surface area is 120 Å². The zero-order chi connectivity index (χ0) is 14.4. The van der Waals surface area contributed by atoms with E-state index in [0.29, 0.717) is 0 Å². The Bertz CT molecular complexity index is 538. The highest BCUT2D eigenvalue weighted by Gasteiger charge is 2.14. The van der Waals surface area contributed by atoms with Crippen LogP contribution >= 0.6 is 0 Å². The zero-order valence-electron chi connectivity index (χ0n) is 12.3. The lowest BCUT2D eigenvalue weighted by Crippen LogP contribution is -2.22. The van der Waals surface area contributed by atoms with Gasteiger partial charge in [-0.3, -0.25) is 0 Å². The SMILES string of the molecule is CNCc1c(N(C)CCCCCO)nc2ccccn12. The summed E-state index contributed by atoms with van der Waals surface area (Å²) in [7, 11) is 4.03. The van der Waals surface area contributed by atoms with Crippen molar-refractivity contribution in [3.8, 4) is 0 Å². The molecule has 0 fully saturated rings. The van der Waals surface area contributed by atoms with E-state index in [1.54, 1.807) is 0 Å². The number of hydrogen-bond donors (Lipinski definition) is 2. The maximum atomic E-state index is 8.82. The molecule has 2 heterocycles. The maximum absolute atomic E-state index is 8.82. The molecule has 2 aromatic heterocycles. The van der Waals surface area contributed by atoms with Gasteiger partial charge in [-0.25, -0.2) is 4.98 Å². The number of nitrogens with zero attached hydrogens (tertiary/aromatic N) is 3. The van der Waals surface area contributed by atoms with Gasteiger partial charge in [-0.15, -0.1) is 0 Å². The van der Waals surface area contributed by atoms with Gasteiger partial charge in [0.25, 0.3) is 0 Å². The molecule has 0 bridgehead atoms. The van der Waals surface area contributed by atoms with E-state index in [1.807, 2.05) is 25.2 Å². The zero-order valence-corrected chi connectivity index (χ0v) is 12.3. The Morgan fingerprint density at radius 2 is 2.15 bits per heavy atom. The van der Waals surface area contributed by atoms with Crippen molar-refractivity contribution in [2.45, 2.75) is 25.8 Å². The summed E-state index contributed by atoms with van der Waals surface area (Å²) in [6, 6.07) is 6.07. The van der Waals surface area contributed by atoms with Gasteiger partial charge in [0, 0.05) is 32.9 Å². The van der Waals surface area contributed by atoms with Crippen molar-refractivity contribution in [2.75, 3.05) is 32.1 Å². The maximum Gasteiger partial charge on any atom is 0.152 e. The smallest absolute Gasteiger partial charge is 0.152 e. The molecule has 0 spiro atoms. The lowest BCUT2D eigenvalue weighted by molar-refractivity contribution is 0.283. The predicted octanol–water partition coefficient (Wildman–Crippen LogP) is 1.65. The van der Waals surface area contributed by atoms with Crippen LogP contribution in [-0.2, 0) is 6.54 Å². The van der Waals surface area contributed by atoms with Crippen LogP contribution in [0.15, 0.2) is 24.4 Å². The first-order valence-corrected chi connectivity index (χ1v) is 7.20. The minimum Gasteiger partial charge on any atom is -0.396 e. The number of unbranched alkanes of at least 4 members (excludes halogenated alkanes) is 2. The third kappa shape index (κ3) is 3.29. The highest BCUT2D eigenvalue weighted by atomic mass is 16.2. The van der Waals surface area contributed by atoms with Crippen molar-refractivity contribution in [3.63, 3.8) is 0 Å². The average molecular weight is 276 g/mol. The third-order valence-corrected chi connectivity index (χ3v) is 3.47. The Kier molecular flexibility index (Phi) is 5.38. The molecule has 5 heteroatoms. The number of aliphatic hydroxyl groups excluding tert-OH is 1. The molecule has 0 aliphatic carbocycles. The normalized spacial score (nSPS) is 11.2. The topological polar surface area (TPSA) is 52.8 Å². The molecule has 2 rings (SSSR count). The molecule has 0 saturated heterocycles. The molecule has 0 aliphatic heterocycles. The van der Waals surface area contributed by atoms with E-state index < -0.39 is 0 Å². The summed E-state index contributed by atoms with van der Waals surface area (Å²) in [5.41, 5.74) is 2.17. The van der Waals surface area contributed by atoms with Crippen LogP contribution < -0.4 is 10.2 Å². The monoisotopic (exact) mass is 276 g/mol. The van der Waals surface area contributed by atoms with E-state index >= 15 is 0 Å². The van der Waals surface area contributed by atoms with Crippen molar-refractivity contribution in [1.82, 2.24) is 14.7 Å². The quantitative estimate of drug-likeness (QED) is 0.720. The van der Waals surface area contributed by atoms with Gasteiger partial charge in [0.1, 0.15) is 5.65 Å². The van der Waals surface area contributed by atoms with Gasteiger partial charge in [0.2, 0.25) is 0 Å². The number of fused-ring (bicyclic) bond motifs is 1. The van der Waals surface area contributed by atoms with Crippen LogP contribution in [-0.4, -0.2) is 41.7 Å². The van der Waals surface area contributed by atoms with Crippen LogP contribution in [0.25, 0.3) is 5.65 Å². The summed E-state index contributed by atoms with van der Waals surface area (Å²) in [6.07, 6.45) is 5.06. The van der Waals surface area contributed by atoms with Gasteiger partial charge in [0.15, 0.2) is 5.82 Å². The molecule has 20 heavy (non-hydrogen) atoms. The van der Waals surface area contributed by atoms with Crippen molar-refractivity contribution >= 4 is 11.5 Å². The minimum atomic E-state index is 0.281. The number of aromatic nitrogens is 2. The van der Waals surface area contributed by atoms with Gasteiger partial charge >= 0.3 is 0 Å². The van der Waals surface area contributed by atoms with Crippen LogP contribution in [0, 0.1) is 0 Å². The van der Waals surface area contributed by atoms with E-state index in [2.05, 4.69) is 27.9 Å². The number of imidazole rings is 1. The fourth-order valence-corrected chi connectivity index (χ4v) is 2.41. The summed E-state index contributed by atoms with van der Waals surface area (Å²) < 4.78 is 2.13. The summed E-state index contributed by atoms with van der Waals surface area (Å²) >= 11 is 0. The lowest BCUT2D eigenvalue weighted by Gasteiger charge is -2.18. The molecule has 2 aromatic rings. The molecule has 2 N–H and O–H groups in total. The fourth-order valence-electron chi connectivity index (χ4n) is 2.41. The Hall–Kier alpha value is -1.59. The Morgan fingerprint density at radius 3 is 2.90 bits per heavy atom. The lowest BCUT2D eigenvalue weighted by atomic mass is 10.2. The molecule has 0 amide bonds. The van der Waals surface area contributed by atoms with Crippen LogP contribution in [0.1, 0.15) is 25.0 Å². The summed E-state index contributed by atoms with van der Waals surface area (Å²) in [5.74, 6) is 1.04. The van der Waals surface area contributed by atoms with Gasteiger partial charge in [-0.2, -0.15) is 0 Å². The van der Waals surface area contributed by atoms with Crippen molar-refractivity contribution < 1.29 is 5.11 Å². The van der Waals surface area contributed by atoms with Crippen LogP contribution in [0.5, 0.6) is 0 Å². The second kappa shape index (κ2) is 7.26. The van der Waals surface area contributed by atoms with E-state index in [9.17, 15) is 0 Å². The Morgan fingerprint density at radius 1 is 1.30 bits per heavy atom. The van der Waals surface area contributed by atoms with Crippen molar-refractivity contribution in [3.05, 3.63) is 30.1 Å². The van der Waals surface area contributed by atoms with Gasteiger partial charge < -0.3 is 19.7 Å². The van der Waals surface area contributed by atoms with Gasteiger partial charge in [0.05, 0.1) is 5.69 Å². The standard InChI is InChI=1S/C15H24N4O/c1-16-12-13-15(18(2)9-5-3-7-11-20)17-14-8-4-6-10-19(13)14/h4,6,8,10,16,20H,3,5,7,9,11-12H2,1-2H3. The first-order valence-electron chi connectivity index (χ1n) is 7.20. The average Bonchev–Trinajstić information content (AvgIpc) is 2.83. The molecular weight excluding hydrogens is 252 g/mol. The highest BCUT2D eigenvalue weighted by Crippen LogP contribution is 2.21. The minimum absolute atomic E-state index is 0.281. The predicted molar refractivity (Wildman–Crippen MR) is 82.2 cm³/mol. The number of aliphatic hydroxyl groups is 1. The molecule has 0 aliphatic rings. The third-order valence-electron chi connectivity index (χ3n) is 3.47.